The second-order valence-corrected chi connectivity index (χ2v) is 5.16. The molecule has 0 fully saturated rings. The maximum atomic E-state index is 12.1. The molecule has 0 bridgehead atoms. The maximum absolute atomic E-state index is 12.1. The van der Waals surface area contributed by atoms with Crippen LogP contribution < -0.4 is 10.6 Å². The topological polar surface area (TPSA) is 74.0 Å². The van der Waals surface area contributed by atoms with Crippen molar-refractivity contribution >= 4 is 24.1 Å². The molecular formula is C14H22ClN3O2. The van der Waals surface area contributed by atoms with E-state index in [2.05, 4.69) is 15.6 Å². The van der Waals surface area contributed by atoms with Crippen molar-refractivity contribution in [1.29, 1.82) is 0 Å². The first-order valence-corrected chi connectivity index (χ1v) is 6.74. The van der Waals surface area contributed by atoms with Crippen molar-refractivity contribution in [3.63, 3.8) is 0 Å². The van der Waals surface area contributed by atoms with Gasteiger partial charge in [0.25, 0.3) is 5.91 Å². The molecule has 112 valence electrons. The first-order valence-electron chi connectivity index (χ1n) is 6.74. The van der Waals surface area contributed by atoms with Crippen LogP contribution >= 0.6 is 12.4 Å². The summed E-state index contributed by atoms with van der Waals surface area (Å²) < 4.78 is 0. The van der Waals surface area contributed by atoms with Crippen molar-refractivity contribution in [3.8, 4) is 0 Å². The molecule has 0 saturated carbocycles. The highest BCUT2D eigenvalue weighted by molar-refractivity contribution is 6.04. The number of aromatic nitrogens is 1. The summed E-state index contributed by atoms with van der Waals surface area (Å²) in [4.78, 5) is 27.1. The van der Waals surface area contributed by atoms with E-state index in [1.807, 2.05) is 20.9 Å². The normalized spacial score (nSPS) is 15.2. The number of hydrogen-bond donors (Lipinski definition) is 3. The summed E-state index contributed by atoms with van der Waals surface area (Å²) in [6, 6.07) is 0.218. The fraction of sp³-hybridized carbons (Fsp3) is 0.571. The molecule has 6 heteroatoms. The quantitative estimate of drug-likeness (QED) is 0.790. The lowest BCUT2D eigenvalue weighted by molar-refractivity contribution is 0.0944. The molecule has 5 nitrogen and oxygen atoms in total. The Morgan fingerprint density at radius 3 is 2.70 bits per heavy atom. The number of nitrogens with one attached hydrogen (secondary N) is 3. The number of Topliss-reactive ketones (excluding diaryl/α,β-unsaturated/α-hetero) is 1. The first kappa shape index (κ1) is 16.7. The molecule has 20 heavy (non-hydrogen) atoms. The Morgan fingerprint density at radius 2 is 2.10 bits per heavy atom. The van der Waals surface area contributed by atoms with Gasteiger partial charge in [-0.3, -0.25) is 9.59 Å². The summed E-state index contributed by atoms with van der Waals surface area (Å²) in [6.07, 6.45) is 2.30. The first-order chi connectivity index (χ1) is 9.04. The van der Waals surface area contributed by atoms with Crippen LogP contribution in [0.3, 0.4) is 0 Å². The highest BCUT2D eigenvalue weighted by atomic mass is 35.5. The van der Waals surface area contributed by atoms with Gasteiger partial charge in [-0.15, -0.1) is 12.4 Å². The van der Waals surface area contributed by atoms with Crippen LogP contribution in [0.2, 0.25) is 0 Å². The Balaban J connectivity index is 0.00000200. The lowest BCUT2D eigenvalue weighted by Crippen LogP contribution is -2.37. The van der Waals surface area contributed by atoms with E-state index in [-0.39, 0.29) is 30.1 Å². The predicted molar refractivity (Wildman–Crippen MR) is 80.9 cm³/mol. The van der Waals surface area contributed by atoms with Crippen molar-refractivity contribution in [2.24, 2.45) is 0 Å². The average Bonchev–Trinajstić information content (AvgIpc) is 2.74. The molecule has 0 aromatic carbocycles. The van der Waals surface area contributed by atoms with Gasteiger partial charge in [0.05, 0.1) is 0 Å². The fourth-order valence-corrected chi connectivity index (χ4v) is 2.44. The lowest BCUT2D eigenvalue weighted by Gasteiger charge is -2.11. The summed E-state index contributed by atoms with van der Waals surface area (Å²) >= 11 is 0. The smallest absolute Gasteiger partial charge is 0.268 e. The summed E-state index contributed by atoms with van der Waals surface area (Å²) in [6.45, 7) is 4.40. The van der Waals surface area contributed by atoms with E-state index in [4.69, 9.17) is 0 Å². The molecule has 1 amide bonds. The third-order valence-electron chi connectivity index (χ3n) is 3.73. The van der Waals surface area contributed by atoms with Crippen molar-refractivity contribution in [3.05, 3.63) is 22.5 Å². The molecule has 1 aliphatic rings. The molecule has 1 unspecified atom stereocenters. The second-order valence-electron chi connectivity index (χ2n) is 5.16. The molecule has 0 saturated heterocycles. The van der Waals surface area contributed by atoms with Gasteiger partial charge in [0.15, 0.2) is 5.78 Å². The SMILES string of the molecule is CNC(C)CNC(=O)c1[nH]c2c(c1C)C(=O)CCC2.Cl. The van der Waals surface area contributed by atoms with Crippen molar-refractivity contribution < 1.29 is 9.59 Å². The number of H-pyrrole nitrogens is 1. The number of rotatable bonds is 4. The molecular weight excluding hydrogens is 278 g/mol. The number of halogens is 1. The Hall–Kier alpha value is -1.33. The van der Waals surface area contributed by atoms with Gasteiger partial charge in [0.2, 0.25) is 0 Å². The van der Waals surface area contributed by atoms with Gasteiger partial charge in [-0.05, 0) is 39.3 Å². The minimum Gasteiger partial charge on any atom is -0.354 e. The number of ketones is 1. The number of aromatic amines is 1. The molecule has 2 rings (SSSR count). The van der Waals surface area contributed by atoms with Crippen molar-refractivity contribution in [2.75, 3.05) is 13.6 Å². The van der Waals surface area contributed by atoms with Gasteiger partial charge in [0.1, 0.15) is 5.69 Å². The second kappa shape index (κ2) is 6.90. The fourth-order valence-electron chi connectivity index (χ4n) is 2.44. The van der Waals surface area contributed by atoms with Crippen LogP contribution in [0.5, 0.6) is 0 Å². The zero-order valence-corrected chi connectivity index (χ0v) is 12.9. The van der Waals surface area contributed by atoms with E-state index in [9.17, 15) is 9.59 Å². The Morgan fingerprint density at radius 1 is 1.40 bits per heavy atom. The summed E-state index contributed by atoms with van der Waals surface area (Å²) in [5, 5.41) is 5.93. The largest absolute Gasteiger partial charge is 0.354 e. The van der Waals surface area contributed by atoms with E-state index in [1.165, 1.54) is 0 Å². The number of amides is 1. The molecule has 3 N–H and O–H groups in total. The molecule has 1 atom stereocenters. The predicted octanol–water partition coefficient (Wildman–Crippen LogP) is 1.60. The standard InChI is InChI=1S/C14H21N3O2.ClH/c1-8(15-3)7-16-14(19)13-9(2)12-10(17-13)5-4-6-11(12)18;/h8,15,17H,4-7H2,1-3H3,(H,16,19);1H. The number of carbonyl (C=O) groups excluding carboxylic acids is 2. The molecule has 0 spiro atoms. The van der Waals surface area contributed by atoms with Gasteiger partial charge in [-0.25, -0.2) is 0 Å². The van der Waals surface area contributed by atoms with Crippen LogP contribution in [0.4, 0.5) is 0 Å². The summed E-state index contributed by atoms with van der Waals surface area (Å²) in [7, 11) is 1.86. The summed E-state index contributed by atoms with van der Waals surface area (Å²) in [5.74, 6) is 0.0134. The van der Waals surface area contributed by atoms with E-state index in [0.29, 0.717) is 18.7 Å². The van der Waals surface area contributed by atoms with Crippen LogP contribution in [-0.2, 0) is 6.42 Å². The third kappa shape index (κ3) is 3.22. The van der Waals surface area contributed by atoms with Crippen LogP contribution in [0.1, 0.15) is 51.9 Å². The van der Waals surface area contributed by atoms with Gasteiger partial charge in [-0.1, -0.05) is 0 Å². The minimum atomic E-state index is -0.137. The van der Waals surface area contributed by atoms with Gasteiger partial charge in [-0.2, -0.15) is 0 Å². The van der Waals surface area contributed by atoms with Crippen molar-refractivity contribution in [1.82, 2.24) is 15.6 Å². The van der Waals surface area contributed by atoms with Crippen molar-refractivity contribution in [2.45, 2.75) is 39.2 Å². The number of fused-ring (bicyclic) bond motifs is 1. The van der Waals surface area contributed by atoms with E-state index in [1.54, 1.807) is 0 Å². The molecule has 1 aliphatic carbocycles. The van der Waals surface area contributed by atoms with Crippen LogP contribution in [0.25, 0.3) is 0 Å². The number of carbonyl (C=O) groups is 2. The number of aryl methyl sites for hydroxylation is 1. The maximum Gasteiger partial charge on any atom is 0.268 e. The molecule has 1 aromatic heterocycles. The molecule has 1 aromatic rings. The van der Waals surface area contributed by atoms with E-state index in [0.717, 1.165) is 29.7 Å². The van der Waals surface area contributed by atoms with Gasteiger partial charge < -0.3 is 15.6 Å². The Bertz CT molecular complexity index is 511. The van der Waals surface area contributed by atoms with Gasteiger partial charge >= 0.3 is 0 Å². The van der Waals surface area contributed by atoms with Crippen LogP contribution in [0.15, 0.2) is 0 Å². The third-order valence-corrected chi connectivity index (χ3v) is 3.73. The Kier molecular flexibility index (Phi) is 5.77. The zero-order chi connectivity index (χ0) is 14.0. The highest BCUT2D eigenvalue weighted by Crippen LogP contribution is 2.26. The van der Waals surface area contributed by atoms with Gasteiger partial charge in [0, 0.05) is 30.3 Å². The average molecular weight is 300 g/mol. The number of hydrogen-bond acceptors (Lipinski definition) is 3. The Labute approximate surface area is 125 Å². The summed E-state index contributed by atoms with van der Waals surface area (Å²) in [5.41, 5.74) is 2.97. The monoisotopic (exact) mass is 299 g/mol. The van der Waals surface area contributed by atoms with E-state index < -0.39 is 0 Å². The lowest BCUT2D eigenvalue weighted by atomic mass is 9.94. The van der Waals surface area contributed by atoms with Crippen LogP contribution in [-0.4, -0.2) is 36.3 Å². The zero-order valence-electron chi connectivity index (χ0n) is 12.1. The van der Waals surface area contributed by atoms with Crippen LogP contribution in [0, 0.1) is 6.92 Å². The molecule has 1 heterocycles. The molecule has 0 aliphatic heterocycles. The van der Waals surface area contributed by atoms with E-state index >= 15 is 0 Å². The number of likely N-dealkylation sites (N-methyl/N-ethyl adjacent to an activating group) is 1. The minimum absolute atomic E-state index is 0. The highest BCUT2D eigenvalue weighted by Gasteiger charge is 2.26. The molecule has 0 radical (unpaired) electrons.